The van der Waals surface area contributed by atoms with Gasteiger partial charge in [-0.25, -0.2) is 8.42 Å². The molecular formula is C49H69NO5PPdS+. The van der Waals surface area contributed by atoms with E-state index in [-0.39, 0.29) is 20.4 Å². The van der Waals surface area contributed by atoms with Crippen LogP contribution in [0.4, 0.5) is 5.69 Å². The van der Waals surface area contributed by atoms with Crippen molar-refractivity contribution in [2.45, 2.75) is 135 Å². The van der Waals surface area contributed by atoms with E-state index in [0.29, 0.717) is 24.0 Å². The number of benzene rings is 4. The molecule has 0 atom stereocenters. The Morgan fingerprint density at radius 1 is 0.707 bits per heavy atom. The maximum atomic E-state index is 9.08. The molecule has 0 spiro atoms. The predicted molar refractivity (Wildman–Crippen MR) is 245 cm³/mol. The van der Waals surface area contributed by atoms with Gasteiger partial charge in [-0.3, -0.25) is 0 Å². The quantitative estimate of drug-likeness (QED) is 0.0698. The normalized spacial score (nSPS) is 14.9. The Morgan fingerprint density at radius 2 is 1.19 bits per heavy atom. The van der Waals surface area contributed by atoms with E-state index in [1.807, 2.05) is 51.6 Å². The van der Waals surface area contributed by atoms with Gasteiger partial charge in [0, 0.05) is 21.2 Å². The molecule has 0 radical (unpaired) electrons. The van der Waals surface area contributed by atoms with Crippen LogP contribution in [0.3, 0.4) is 0 Å². The molecule has 6 rings (SSSR count). The molecule has 0 amide bonds. The third kappa shape index (κ3) is 13.7. The van der Waals surface area contributed by atoms with Crippen molar-refractivity contribution >= 4 is 29.0 Å². The Kier molecular flexibility index (Phi) is 20.5. The van der Waals surface area contributed by atoms with Crippen LogP contribution in [0.1, 0.15) is 140 Å². The average molecular weight is 922 g/mol. The summed E-state index contributed by atoms with van der Waals surface area (Å²) in [5.41, 5.74) is 12.3. The van der Waals surface area contributed by atoms with Crippen molar-refractivity contribution in [3.8, 4) is 33.8 Å². The number of para-hydroxylation sites is 1. The van der Waals surface area contributed by atoms with Gasteiger partial charge in [0.15, 0.2) is 5.75 Å². The third-order valence-corrected chi connectivity index (χ3v) is 15.5. The van der Waals surface area contributed by atoms with Gasteiger partial charge in [-0.15, -0.1) is 35.9 Å². The Morgan fingerprint density at radius 3 is 1.62 bits per heavy atom. The van der Waals surface area contributed by atoms with Crippen LogP contribution >= 0.6 is 7.92 Å². The molecule has 4 aromatic rings. The molecule has 2 aliphatic rings. The number of hydrogen-bond donors (Lipinski definition) is 1. The maximum absolute atomic E-state index is 9.08. The van der Waals surface area contributed by atoms with Gasteiger partial charge in [0.05, 0.1) is 41.2 Å². The molecule has 0 saturated heterocycles. The van der Waals surface area contributed by atoms with Crippen molar-refractivity contribution in [3.63, 3.8) is 0 Å². The van der Waals surface area contributed by atoms with Crippen molar-refractivity contribution in [2.75, 3.05) is 32.8 Å². The van der Waals surface area contributed by atoms with Gasteiger partial charge >= 0.3 is 20.4 Å². The predicted octanol–water partition coefficient (Wildman–Crippen LogP) is 12.6. The summed E-state index contributed by atoms with van der Waals surface area (Å²) in [5.74, 6) is 3.53. The van der Waals surface area contributed by atoms with Crippen LogP contribution < -0.4 is 20.1 Å². The molecule has 2 fully saturated rings. The zero-order chi connectivity index (χ0) is 41.7. The molecule has 4 aromatic carbocycles. The molecule has 0 bridgehead atoms. The van der Waals surface area contributed by atoms with Gasteiger partial charge < -0.3 is 19.3 Å². The molecule has 6 nitrogen and oxygen atoms in total. The number of ether oxygens (including phenoxy) is 2. The van der Waals surface area contributed by atoms with Crippen LogP contribution in [0.15, 0.2) is 72.8 Å². The van der Waals surface area contributed by atoms with Crippen LogP contribution in [0.5, 0.6) is 11.5 Å². The van der Waals surface area contributed by atoms with Gasteiger partial charge in [-0.1, -0.05) is 90.3 Å². The summed E-state index contributed by atoms with van der Waals surface area (Å²) in [5, 5.41) is 4.73. The first-order chi connectivity index (χ1) is 27.2. The smallest absolute Gasteiger partial charge is 0.748 e. The molecule has 2 saturated carbocycles. The second-order valence-electron chi connectivity index (χ2n) is 16.7. The van der Waals surface area contributed by atoms with Gasteiger partial charge in [0.25, 0.3) is 0 Å². The Bertz CT molecular complexity index is 1900. The van der Waals surface area contributed by atoms with E-state index in [2.05, 4.69) is 95.4 Å². The van der Waals surface area contributed by atoms with Crippen LogP contribution in [-0.2, 0) is 30.5 Å². The standard InChI is InChI=1S/C35H53O2P.C13H12N.CH4O3S.Pd/c1-23(2)26-21-29(24(3)4)33(30(22-26)25(5)6)34-31(36-7)19-20-32(37-8)35(34)38(27-15-11-9-12-16-27)28-17-13-10-14-18-28;1-14-13-10-6-5-9-12(13)11-7-3-2-4-8-11;1-5(2,3)4;/h19-25,27-28H,9-18H2,1-8H3;2-7,9-10,14H,1H3;1H3,(H,2,3,4);/q;-1;;+2. The van der Waals surface area contributed by atoms with Gasteiger partial charge in [-0.05, 0) is 115 Å². The monoisotopic (exact) mass is 920 g/mol. The summed E-state index contributed by atoms with van der Waals surface area (Å²) in [4.78, 5) is 0. The summed E-state index contributed by atoms with van der Waals surface area (Å²) < 4.78 is 39.8. The van der Waals surface area contributed by atoms with Gasteiger partial charge in [0.1, 0.15) is 11.1 Å². The molecule has 0 unspecified atom stereocenters. The van der Waals surface area contributed by atoms with E-state index in [0.717, 1.165) is 34.1 Å². The molecule has 58 heavy (non-hydrogen) atoms. The topological polar surface area (TPSA) is 87.7 Å². The molecule has 320 valence electrons. The first kappa shape index (κ1) is 49.6. The molecule has 1 N–H and O–H groups in total. The number of methoxy groups -OCH3 is 2. The summed E-state index contributed by atoms with van der Waals surface area (Å²) in [7, 11) is 0.891. The van der Waals surface area contributed by atoms with Crippen LogP contribution in [0, 0.1) is 6.07 Å². The van der Waals surface area contributed by atoms with Crippen molar-refractivity contribution in [2.24, 2.45) is 0 Å². The van der Waals surface area contributed by atoms with Crippen molar-refractivity contribution in [3.05, 3.63) is 95.6 Å². The molecule has 9 heteroatoms. The molecule has 0 heterocycles. The van der Waals surface area contributed by atoms with Crippen molar-refractivity contribution in [1.29, 1.82) is 0 Å². The van der Waals surface area contributed by atoms with Crippen LogP contribution in [0.2, 0.25) is 0 Å². The van der Waals surface area contributed by atoms with Crippen molar-refractivity contribution < 1.29 is 42.9 Å². The maximum Gasteiger partial charge on any atom is 2.00 e. The van der Waals surface area contributed by atoms with E-state index in [1.54, 1.807) is 5.30 Å². The Balaban J connectivity index is 0.000000370. The second kappa shape index (κ2) is 23.9. The number of hydrogen-bond acceptors (Lipinski definition) is 6. The largest absolute Gasteiger partial charge is 2.00 e. The molecule has 0 aliphatic heterocycles. The fraction of sp³-hybridized carbons (Fsp3) is 0.510. The summed E-state index contributed by atoms with van der Waals surface area (Å²) in [6.07, 6.45) is 14.6. The van der Waals surface area contributed by atoms with E-state index in [1.165, 1.54) is 97.6 Å². The van der Waals surface area contributed by atoms with E-state index < -0.39 is 18.0 Å². The minimum Gasteiger partial charge on any atom is -0.748 e. The first-order valence-corrected chi connectivity index (χ1v) is 24.6. The zero-order valence-corrected chi connectivity index (χ0v) is 40.0. The summed E-state index contributed by atoms with van der Waals surface area (Å²) in [6, 6.07) is 28.9. The van der Waals surface area contributed by atoms with E-state index in [9.17, 15) is 0 Å². The molecule has 2 aliphatic carbocycles. The van der Waals surface area contributed by atoms with Crippen LogP contribution in [-0.4, -0.2) is 51.8 Å². The Hall–Kier alpha value is -2.72. The first-order valence-electron chi connectivity index (χ1n) is 21.1. The van der Waals surface area contributed by atoms with Crippen LogP contribution in [0.25, 0.3) is 22.3 Å². The molecule has 0 aromatic heterocycles. The number of anilines is 1. The van der Waals surface area contributed by atoms with E-state index >= 15 is 0 Å². The van der Waals surface area contributed by atoms with E-state index in [4.69, 9.17) is 22.4 Å². The minimum absolute atomic E-state index is 0. The fourth-order valence-electron chi connectivity index (χ4n) is 8.75. The average Bonchev–Trinajstić information content (AvgIpc) is 3.21. The minimum atomic E-state index is -3.92. The number of rotatable bonds is 11. The summed E-state index contributed by atoms with van der Waals surface area (Å²) >= 11 is 0. The van der Waals surface area contributed by atoms with Gasteiger partial charge in [-0.2, -0.15) is 0 Å². The third-order valence-electron chi connectivity index (χ3n) is 11.5. The SMILES string of the molecule is CNc1ccccc1-c1[c-]cccc1.COc1ccc(OC)c([PH+](C2CCCCC2)C2CCCCC2)c1-c1c(C(C)C)cc(C(C)C)cc1C(C)C.CS(=O)(=O)[O-].[Pd+2]. The zero-order valence-electron chi connectivity index (χ0n) is 36.7. The summed E-state index contributed by atoms with van der Waals surface area (Å²) in [6.45, 7) is 14.1. The Labute approximate surface area is 366 Å². The fourth-order valence-corrected chi connectivity index (χ4v) is 13.3. The molecular weight excluding hydrogens is 852 g/mol. The second-order valence-corrected chi connectivity index (χ2v) is 21.1. The number of nitrogens with one attached hydrogen (secondary N) is 1. The van der Waals surface area contributed by atoms with Gasteiger partial charge in [0.2, 0.25) is 0 Å². The van der Waals surface area contributed by atoms with Crippen molar-refractivity contribution in [1.82, 2.24) is 0 Å².